The van der Waals surface area contributed by atoms with Gasteiger partial charge in [0, 0.05) is 12.1 Å². The second-order valence-corrected chi connectivity index (χ2v) is 5.27. The Morgan fingerprint density at radius 1 is 1.17 bits per heavy atom. The van der Waals surface area contributed by atoms with Gasteiger partial charge in [-0.05, 0) is 35.0 Å². The smallest absolute Gasteiger partial charge is 0.137 e. The zero-order valence-corrected chi connectivity index (χ0v) is 13.1. The number of ether oxygens (including phenoxy) is 1. The van der Waals surface area contributed by atoms with E-state index in [0.717, 1.165) is 36.3 Å². The van der Waals surface area contributed by atoms with Crippen LogP contribution < -0.4 is 10.1 Å². The number of hydrogen-bond donors (Lipinski definition) is 1. The minimum absolute atomic E-state index is 0.807. The Hall–Kier alpha value is -0.540. The van der Waals surface area contributed by atoms with Crippen molar-refractivity contribution in [3.8, 4) is 5.75 Å². The van der Waals surface area contributed by atoms with E-state index in [9.17, 15) is 0 Å². The van der Waals surface area contributed by atoms with Crippen LogP contribution in [-0.4, -0.2) is 13.2 Å². The second-order valence-electron chi connectivity index (χ2n) is 4.42. The van der Waals surface area contributed by atoms with E-state index in [1.807, 2.05) is 6.07 Å². The fraction of sp³-hybridized carbons (Fsp3) is 0.600. The molecule has 1 aromatic carbocycles. The van der Waals surface area contributed by atoms with E-state index in [1.54, 1.807) is 0 Å². The Morgan fingerprint density at radius 3 is 2.72 bits per heavy atom. The van der Waals surface area contributed by atoms with Crippen LogP contribution in [0.2, 0.25) is 0 Å². The van der Waals surface area contributed by atoms with E-state index < -0.39 is 0 Å². The lowest BCUT2D eigenvalue weighted by atomic mass is 10.2. The number of rotatable bonds is 9. The Morgan fingerprint density at radius 2 is 2.00 bits per heavy atom. The zero-order valence-electron chi connectivity index (χ0n) is 11.5. The van der Waals surface area contributed by atoms with Gasteiger partial charge < -0.3 is 10.1 Å². The van der Waals surface area contributed by atoms with Gasteiger partial charge in [-0.15, -0.1) is 0 Å². The van der Waals surface area contributed by atoms with Crippen LogP contribution in [0.5, 0.6) is 5.75 Å². The first-order chi connectivity index (χ1) is 8.79. The van der Waals surface area contributed by atoms with E-state index in [-0.39, 0.29) is 0 Å². The van der Waals surface area contributed by atoms with Crippen molar-refractivity contribution in [2.75, 3.05) is 13.2 Å². The molecule has 0 bridgehead atoms. The van der Waals surface area contributed by atoms with E-state index in [0.29, 0.717) is 0 Å². The number of nitrogens with one attached hydrogen (secondary N) is 1. The van der Waals surface area contributed by atoms with Crippen molar-refractivity contribution < 1.29 is 4.74 Å². The molecule has 0 unspecified atom stereocenters. The molecule has 0 saturated heterocycles. The van der Waals surface area contributed by atoms with Gasteiger partial charge in [-0.2, -0.15) is 0 Å². The van der Waals surface area contributed by atoms with E-state index in [4.69, 9.17) is 4.74 Å². The first kappa shape index (κ1) is 15.5. The fourth-order valence-electron chi connectivity index (χ4n) is 1.82. The SMILES string of the molecule is CCCCCCOc1c(Br)cccc1CNCC. The molecule has 0 radical (unpaired) electrons. The van der Waals surface area contributed by atoms with Crippen molar-refractivity contribution in [2.45, 2.75) is 46.1 Å². The summed E-state index contributed by atoms with van der Waals surface area (Å²) < 4.78 is 6.97. The van der Waals surface area contributed by atoms with Gasteiger partial charge in [0.1, 0.15) is 5.75 Å². The highest BCUT2D eigenvalue weighted by molar-refractivity contribution is 9.10. The van der Waals surface area contributed by atoms with Crippen molar-refractivity contribution in [3.63, 3.8) is 0 Å². The Labute approximate surface area is 119 Å². The zero-order chi connectivity index (χ0) is 13.2. The Bertz CT molecular complexity index is 341. The fourth-order valence-corrected chi connectivity index (χ4v) is 2.34. The van der Waals surface area contributed by atoms with Crippen molar-refractivity contribution >= 4 is 15.9 Å². The van der Waals surface area contributed by atoms with Gasteiger partial charge in [0.2, 0.25) is 0 Å². The molecular weight excluding hydrogens is 290 g/mol. The maximum absolute atomic E-state index is 5.92. The Balaban J connectivity index is 2.50. The van der Waals surface area contributed by atoms with E-state index >= 15 is 0 Å². The number of halogens is 1. The van der Waals surface area contributed by atoms with Crippen molar-refractivity contribution in [1.82, 2.24) is 5.32 Å². The molecule has 0 spiro atoms. The van der Waals surface area contributed by atoms with E-state index in [2.05, 4.69) is 47.2 Å². The highest BCUT2D eigenvalue weighted by Gasteiger charge is 2.07. The van der Waals surface area contributed by atoms with Gasteiger partial charge >= 0.3 is 0 Å². The van der Waals surface area contributed by atoms with Crippen LogP contribution in [0, 0.1) is 0 Å². The summed E-state index contributed by atoms with van der Waals surface area (Å²) in [5.41, 5.74) is 1.22. The molecular formula is C15H24BrNO. The summed E-state index contributed by atoms with van der Waals surface area (Å²) in [6.07, 6.45) is 4.95. The van der Waals surface area contributed by atoms with Crippen LogP contribution in [0.15, 0.2) is 22.7 Å². The Kier molecular flexibility index (Phi) is 8.10. The molecule has 2 nitrogen and oxygen atoms in total. The van der Waals surface area contributed by atoms with Crippen LogP contribution >= 0.6 is 15.9 Å². The lowest BCUT2D eigenvalue weighted by molar-refractivity contribution is 0.299. The average Bonchev–Trinajstić information content (AvgIpc) is 2.38. The normalized spacial score (nSPS) is 10.6. The molecule has 0 aliphatic rings. The topological polar surface area (TPSA) is 21.3 Å². The van der Waals surface area contributed by atoms with Crippen LogP contribution in [0.1, 0.15) is 45.1 Å². The molecule has 3 heteroatoms. The molecule has 0 saturated carbocycles. The lowest BCUT2D eigenvalue weighted by Gasteiger charge is -2.13. The maximum Gasteiger partial charge on any atom is 0.137 e. The summed E-state index contributed by atoms with van der Waals surface area (Å²) in [5.74, 6) is 0.995. The monoisotopic (exact) mass is 313 g/mol. The molecule has 102 valence electrons. The largest absolute Gasteiger partial charge is 0.492 e. The molecule has 1 N–H and O–H groups in total. The first-order valence-electron chi connectivity index (χ1n) is 6.90. The van der Waals surface area contributed by atoms with Gasteiger partial charge in [-0.25, -0.2) is 0 Å². The highest BCUT2D eigenvalue weighted by atomic mass is 79.9. The molecule has 0 fully saturated rings. The summed E-state index contributed by atoms with van der Waals surface area (Å²) in [6, 6.07) is 6.21. The van der Waals surface area contributed by atoms with Crippen LogP contribution in [0.3, 0.4) is 0 Å². The minimum atomic E-state index is 0.807. The quantitative estimate of drug-likeness (QED) is 0.677. The number of hydrogen-bond acceptors (Lipinski definition) is 2. The van der Waals surface area contributed by atoms with Crippen molar-refractivity contribution in [1.29, 1.82) is 0 Å². The maximum atomic E-state index is 5.92. The summed E-state index contributed by atoms with van der Waals surface area (Å²) >= 11 is 3.57. The van der Waals surface area contributed by atoms with Gasteiger partial charge in [-0.1, -0.05) is 45.2 Å². The molecule has 0 atom stereocenters. The molecule has 0 aliphatic heterocycles. The third kappa shape index (κ3) is 5.40. The minimum Gasteiger partial charge on any atom is -0.492 e. The van der Waals surface area contributed by atoms with Gasteiger partial charge in [0.25, 0.3) is 0 Å². The summed E-state index contributed by atoms with van der Waals surface area (Å²) in [5, 5.41) is 3.34. The molecule has 1 aromatic rings. The first-order valence-corrected chi connectivity index (χ1v) is 7.69. The van der Waals surface area contributed by atoms with Crippen LogP contribution in [0.25, 0.3) is 0 Å². The van der Waals surface area contributed by atoms with Gasteiger partial charge in [0.15, 0.2) is 0 Å². The third-order valence-corrected chi connectivity index (χ3v) is 3.48. The van der Waals surface area contributed by atoms with Gasteiger partial charge in [0.05, 0.1) is 11.1 Å². The summed E-state index contributed by atoms with van der Waals surface area (Å²) in [4.78, 5) is 0. The second kappa shape index (κ2) is 9.40. The highest BCUT2D eigenvalue weighted by Crippen LogP contribution is 2.29. The van der Waals surface area contributed by atoms with Crippen LogP contribution in [0.4, 0.5) is 0 Å². The number of unbranched alkanes of at least 4 members (excludes halogenated alkanes) is 3. The number of benzene rings is 1. The van der Waals surface area contributed by atoms with E-state index in [1.165, 1.54) is 24.8 Å². The van der Waals surface area contributed by atoms with Gasteiger partial charge in [-0.3, -0.25) is 0 Å². The molecule has 0 heterocycles. The molecule has 0 aromatic heterocycles. The molecule has 18 heavy (non-hydrogen) atoms. The predicted molar refractivity (Wildman–Crippen MR) is 81.2 cm³/mol. The summed E-state index contributed by atoms with van der Waals surface area (Å²) in [6.45, 7) is 6.98. The van der Waals surface area contributed by atoms with Crippen LogP contribution in [-0.2, 0) is 6.54 Å². The third-order valence-electron chi connectivity index (χ3n) is 2.86. The standard InChI is InChI=1S/C15H24BrNO/c1-3-5-6-7-11-18-15-13(12-17-4-2)9-8-10-14(15)16/h8-10,17H,3-7,11-12H2,1-2H3. The predicted octanol–water partition coefficient (Wildman–Crippen LogP) is 4.52. The van der Waals surface area contributed by atoms with Crippen molar-refractivity contribution in [3.05, 3.63) is 28.2 Å². The molecule has 0 aliphatic carbocycles. The molecule has 1 rings (SSSR count). The number of para-hydroxylation sites is 1. The summed E-state index contributed by atoms with van der Waals surface area (Å²) in [7, 11) is 0. The lowest BCUT2D eigenvalue weighted by Crippen LogP contribution is -2.13. The average molecular weight is 314 g/mol. The molecule has 0 amide bonds. The van der Waals surface area contributed by atoms with Crippen molar-refractivity contribution in [2.24, 2.45) is 0 Å².